The van der Waals surface area contributed by atoms with Gasteiger partial charge in [0.2, 0.25) is 0 Å². The van der Waals surface area contributed by atoms with Crippen LogP contribution in [-0.2, 0) is 6.42 Å². The van der Waals surface area contributed by atoms with E-state index in [1.165, 1.54) is 24.5 Å². The van der Waals surface area contributed by atoms with Gasteiger partial charge in [0, 0.05) is 5.69 Å². The molecule has 2 nitrogen and oxygen atoms in total. The van der Waals surface area contributed by atoms with Crippen LogP contribution in [0.2, 0.25) is 0 Å². The monoisotopic (exact) mass is 268 g/mol. The van der Waals surface area contributed by atoms with Crippen LogP contribution in [0.25, 0.3) is 0 Å². The number of unbranched alkanes of at least 4 members (excludes halogenated alkanes) is 1. The van der Waals surface area contributed by atoms with E-state index in [1.54, 1.807) is 12.1 Å². The molecule has 0 fully saturated rings. The molecule has 2 aromatic rings. The third kappa shape index (κ3) is 3.58. The van der Waals surface area contributed by atoms with Crippen molar-refractivity contribution < 1.29 is 4.39 Å². The molecule has 0 aliphatic heterocycles. The first kappa shape index (κ1) is 14.1. The van der Waals surface area contributed by atoms with E-state index in [-0.39, 0.29) is 0 Å². The average molecular weight is 268 g/mol. The summed E-state index contributed by atoms with van der Waals surface area (Å²) < 4.78 is 13.8. The predicted octanol–water partition coefficient (Wildman–Crippen LogP) is 4.78. The van der Waals surface area contributed by atoms with E-state index in [9.17, 15) is 4.39 Å². The van der Waals surface area contributed by atoms with E-state index in [4.69, 9.17) is 5.26 Å². The Hall–Kier alpha value is -2.34. The maximum Gasteiger partial charge on any atom is 0.147 e. The quantitative estimate of drug-likeness (QED) is 0.846. The molecule has 0 aliphatic carbocycles. The molecule has 0 atom stereocenters. The molecule has 0 heterocycles. The van der Waals surface area contributed by atoms with E-state index in [2.05, 4.69) is 24.4 Å². The summed E-state index contributed by atoms with van der Waals surface area (Å²) in [5.74, 6) is -0.417. The fraction of sp³-hybridized carbons (Fsp3) is 0.235. The molecule has 1 N–H and O–H groups in total. The van der Waals surface area contributed by atoms with Crippen molar-refractivity contribution >= 4 is 11.4 Å². The normalized spacial score (nSPS) is 10.1. The average Bonchev–Trinajstić information content (AvgIpc) is 2.48. The number of nitriles is 1. The number of hydrogen-bond acceptors (Lipinski definition) is 2. The Morgan fingerprint density at radius 1 is 1.15 bits per heavy atom. The molecule has 102 valence electrons. The third-order valence-corrected chi connectivity index (χ3v) is 3.15. The smallest absolute Gasteiger partial charge is 0.147 e. The van der Waals surface area contributed by atoms with E-state index < -0.39 is 5.82 Å². The highest BCUT2D eigenvalue weighted by atomic mass is 19.1. The summed E-state index contributed by atoms with van der Waals surface area (Å²) in [6, 6.07) is 14.3. The van der Waals surface area contributed by atoms with Gasteiger partial charge in [0.25, 0.3) is 0 Å². The summed E-state index contributed by atoms with van der Waals surface area (Å²) >= 11 is 0. The topological polar surface area (TPSA) is 35.8 Å². The zero-order valence-corrected chi connectivity index (χ0v) is 11.5. The minimum absolute atomic E-state index is 0.322. The lowest BCUT2D eigenvalue weighted by molar-refractivity contribution is 0.631. The van der Waals surface area contributed by atoms with Crippen LogP contribution in [-0.4, -0.2) is 0 Å². The molecular weight excluding hydrogens is 251 g/mol. The van der Waals surface area contributed by atoms with Gasteiger partial charge >= 0.3 is 0 Å². The second-order valence-electron chi connectivity index (χ2n) is 4.73. The highest BCUT2D eigenvalue weighted by Gasteiger charge is 2.04. The van der Waals surface area contributed by atoms with Gasteiger partial charge in [-0.05, 0) is 48.7 Å². The maximum absolute atomic E-state index is 13.8. The van der Waals surface area contributed by atoms with Crippen molar-refractivity contribution in [2.24, 2.45) is 0 Å². The zero-order valence-electron chi connectivity index (χ0n) is 11.5. The predicted molar refractivity (Wildman–Crippen MR) is 79.5 cm³/mol. The van der Waals surface area contributed by atoms with Crippen molar-refractivity contribution in [1.82, 2.24) is 0 Å². The van der Waals surface area contributed by atoms with Crippen molar-refractivity contribution in [1.29, 1.82) is 5.26 Å². The lowest BCUT2D eigenvalue weighted by Crippen LogP contribution is -1.95. The van der Waals surface area contributed by atoms with Crippen LogP contribution >= 0.6 is 0 Å². The molecule has 2 aromatic carbocycles. The molecule has 0 aromatic heterocycles. The fourth-order valence-corrected chi connectivity index (χ4v) is 1.98. The number of rotatable bonds is 5. The van der Waals surface area contributed by atoms with Gasteiger partial charge in [-0.25, -0.2) is 4.39 Å². The fourth-order valence-electron chi connectivity index (χ4n) is 1.98. The standard InChI is InChI=1S/C17H17FN2/c1-2-3-4-13-5-8-15(9-6-13)20-17-10-7-14(12-19)11-16(17)18/h5-11,20H,2-4H2,1H3. The van der Waals surface area contributed by atoms with Crippen molar-refractivity contribution in [2.45, 2.75) is 26.2 Å². The van der Waals surface area contributed by atoms with Gasteiger partial charge in [0.05, 0.1) is 17.3 Å². The first-order valence-corrected chi connectivity index (χ1v) is 6.78. The number of aryl methyl sites for hydroxylation is 1. The van der Waals surface area contributed by atoms with Crippen LogP contribution in [0.5, 0.6) is 0 Å². The van der Waals surface area contributed by atoms with Crippen molar-refractivity contribution in [3.8, 4) is 6.07 Å². The van der Waals surface area contributed by atoms with Gasteiger partial charge in [-0.2, -0.15) is 5.26 Å². The Labute approximate surface area is 118 Å². The number of benzene rings is 2. The number of nitrogens with zero attached hydrogens (tertiary/aromatic N) is 1. The van der Waals surface area contributed by atoms with Gasteiger partial charge in [-0.3, -0.25) is 0 Å². The highest BCUT2D eigenvalue weighted by molar-refractivity contribution is 5.61. The molecule has 3 heteroatoms. The maximum atomic E-state index is 13.8. The largest absolute Gasteiger partial charge is 0.353 e. The number of halogens is 1. The highest BCUT2D eigenvalue weighted by Crippen LogP contribution is 2.21. The summed E-state index contributed by atoms with van der Waals surface area (Å²) in [4.78, 5) is 0. The second-order valence-corrected chi connectivity index (χ2v) is 4.73. The molecule has 0 bridgehead atoms. The minimum atomic E-state index is -0.417. The molecule has 2 rings (SSSR count). The Balaban J connectivity index is 2.08. The Bertz CT molecular complexity index is 612. The summed E-state index contributed by atoms with van der Waals surface area (Å²) in [5, 5.41) is 11.7. The molecule has 0 aliphatic rings. The van der Waals surface area contributed by atoms with Crippen LogP contribution in [0.3, 0.4) is 0 Å². The Kier molecular flexibility index (Phi) is 4.73. The van der Waals surface area contributed by atoms with Gasteiger partial charge in [-0.1, -0.05) is 25.5 Å². The van der Waals surface area contributed by atoms with Crippen LogP contribution < -0.4 is 5.32 Å². The molecule has 0 unspecified atom stereocenters. The van der Waals surface area contributed by atoms with Gasteiger partial charge in [-0.15, -0.1) is 0 Å². The van der Waals surface area contributed by atoms with E-state index in [0.29, 0.717) is 11.3 Å². The van der Waals surface area contributed by atoms with E-state index in [1.807, 2.05) is 18.2 Å². The summed E-state index contributed by atoms with van der Waals surface area (Å²) in [6.45, 7) is 2.17. The van der Waals surface area contributed by atoms with Crippen LogP contribution in [0.4, 0.5) is 15.8 Å². The first-order chi connectivity index (χ1) is 9.72. The Morgan fingerprint density at radius 2 is 1.90 bits per heavy atom. The van der Waals surface area contributed by atoms with Gasteiger partial charge in [0.15, 0.2) is 0 Å². The molecule has 0 amide bonds. The first-order valence-electron chi connectivity index (χ1n) is 6.78. The minimum Gasteiger partial charge on any atom is -0.353 e. The third-order valence-electron chi connectivity index (χ3n) is 3.15. The molecule has 0 spiro atoms. The Morgan fingerprint density at radius 3 is 2.50 bits per heavy atom. The number of nitrogens with one attached hydrogen (secondary N) is 1. The molecule has 0 saturated heterocycles. The van der Waals surface area contributed by atoms with Crippen LogP contribution in [0.15, 0.2) is 42.5 Å². The summed E-state index contributed by atoms with van der Waals surface area (Å²) in [7, 11) is 0. The molecule has 0 saturated carbocycles. The van der Waals surface area contributed by atoms with E-state index >= 15 is 0 Å². The molecular formula is C17H17FN2. The van der Waals surface area contributed by atoms with Crippen molar-refractivity contribution in [3.63, 3.8) is 0 Å². The SMILES string of the molecule is CCCCc1ccc(Nc2ccc(C#N)cc2F)cc1. The summed E-state index contributed by atoms with van der Waals surface area (Å²) in [5.41, 5.74) is 2.83. The van der Waals surface area contributed by atoms with Gasteiger partial charge in [0.1, 0.15) is 5.82 Å². The van der Waals surface area contributed by atoms with Gasteiger partial charge < -0.3 is 5.32 Å². The lowest BCUT2D eigenvalue weighted by atomic mass is 10.1. The van der Waals surface area contributed by atoms with E-state index in [0.717, 1.165) is 12.1 Å². The van der Waals surface area contributed by atoms with Crippen LogP contribution in [0.1, 0.15) is 30.9 Å². The van der Waals surface area contributed by atoms with Crippen molar-refractivity contribution in [2.75, 3.05) is 5.32 Å². The molecule has 20 heavy (non-hydrogen) atoms. The van der Waals surface area contributed by atoms with Crippen molar-refractivity contribution in [3.05, 3.63) is 59.4 Å². The zero-order chi connectivity index (χ0) is 14.4. The lowest BCUT2D eigenvalue weighted by Gasteiger charge is -2.08. The van der Waals surface area contributed by atoms with Crippen LogP contribution in [0, 0.1) is 17.1 Å². The number of hydrogen-bond donors (Lipinski definition) is 1. The summed E-state index contributed by atoms with van der Waals surface area (Å²) in [6.07, 6.45) is 3.43. The second kappa shape index (κ2) is 6.72. The number of anilines is 2. The molecule has 0 radical (unpaired) electrons.